The lowest BCUT2D eigenvalue weighted by Crippen LogP contribution is -2.40. The van der Waals surface area contributed by atoms with E-state index in [1.165, 1.54) is 5.56 Å². The molecule has 1 amide bonds. The Morgan fingerprint density at radius 3 is 2.89 bits per heavy atom. The van der Waals surface area contributed by atoms with Crippen LogP contribution in [0.1, 0.15) is 28.8 Å². The summed E-state index contributed by atoms with van der Waals surface area (Å²) in [6.45, 7) is 3.96. The molecule has 0 saturated carbocycles. The highest BCUT2D eigenvalue weighted by Gasteiger charge is 2.27. The Morgan fingerprint density at radius 1 is 1.25 bits per heavy atom. The summed E-state index contributed by atoms with van der Waals surface area (Å²) in [6, 6.07) is 14.4. The van der Waals surface area contributed by atoms with Gasteiger partial charge in [0.2, 0.25) is 0 Å². The molecule has 1 N–H and O–H groups in total. The van der Waals surface area contributed by atoms with E-state index >= 15 is 0 Å². The number of nitrogens with zero attached hydrogens (tertiary/aromatic N) is 2. The normalized spacial score (nSPS) is 19.2. The first-order valence-corrected chi connectivity index (χ1v) is 10.2. The fraction of sp³-hybridized carbons (Fsp3) is 0.409. The van der Waals surface area contributed by atoms with Crippen molar-refractivity contribution in [3.05, 3.63) is 58.6 Å². The summed E-state index contributed by atoms with van der Waals surface area (Å²) in [7, 11) is 1.99. The van der Waals surface area contributed by atoms with Gasteiger partial charge in [0, 0.05) is 31.2 Å². The zero-order chi connectivity index (χ0) is 19.5. The van der Waals surface area contributed by atoms with Gasteiger partial charge in [0.25, 0.3) is 5.91 Å². The van der Waals surface area contributed by atoms with Crippen molar-refractivity contribution in [3.63, 3.8) is 0 Å². The van der Waals surface area contributed by atoms with Gasteiger partial charge in [0.15, 0.2) is 5.75 Å². The maximum absolute atomic E-state index is 12.9. The van der Waals surface area contributed by atoms with Gasteiger partial charge in [0.05, 0.1) is 17.8 Å². The van der Waals surface area contributed by atoms with Crippen molar-refractivity contribution >= 4 is 23.2 Å². The molecule has 2 aliphatic heterocycles. The van der Waals surface area contributed by atoms with E-state index in [-0.39, 0.29) is 5.91 Å². The number of amides is 1. The minimum absolute atomic E-state index is 0.124. The molecular formula is C22H26ClN3O2. The Balaban J connectivity index is 1.43. The van der Waals surface area contributed by atoms with Crippen LogP contribution in [0.2, 0.25) is 5.02 Å². The van der Waals surface area contributed by atoms with Crippen molar-refractivity contribution in [1.82, 2.24) is 10.2 Å². The second kappa shape index (κ2) is 8.41. The Bertz CT molecular complexity index is 843. The SMILES string of the molecule is CN1CCOc2c(C(=O)NC[C@@H]3CCCN3Cc3ccccc3)cc(Cl)cc21. The van der Waals surface area contributed by atoms with E-state index in [4.69, 9.17) is 16.3 Å². The number of fused-ring (bicyclic) bond motifs is 1. The van der Waals surface area contributed by atoms with Crippen molar-refractivity contribution in [2.24, 2.45) is 0 Å². The summed E-state index contributed by atoms with van der Waals surface area (Å²) in [6.07, 6.45) is 2.26. The van der Waals surface area contributed by atoms with Gasteiger partial charge < -0.3 is 15.0 Å². The summed E-state index contributed by atoms with van der Waals surface area (Å²) >= 11 is 6.26. The number of likely N-dealkylation sites (tertiary alicyclic amines) is 1. The third-order valence-corrected chi connectivity index (χ3v) is 5.81. The molecule has 0 radical (unpaired) electrons. The van der Waals surface area contributed by atoms with Gasteiger partial charge in [-0.25, -0.2) is 0 Å². The molecule has 0 spiro atoms. The lowest BCUT2D eigenvalue weighted by Gasteiger charge is -2.29. The predicted octanol–water partition coefficient (Wildman–Crippen LogP) is 3.56. The van der Waals surface area contributed by atoms with E-state index in [0.29, 0.717) is 35.5 Å². The quantitative estimate of drug-likeness (QED) is 0.834. The molecule has 0 unspecified atom stereocenters. The minimum Gasteiger partial charge on any atom is -0.489 e. The van der Waals surface area contributed by atoms with Crippen LogP contribution in [0.25, 0.3) is 0 Å². The molecule has 1 saturated heterocycles. The predicted molar refractivity (Wildman–Crippen MR) is 112 cm³/mol. The highest BCUT2D eigenvalue weighted by atomic mass is 35.5. The third-order valence-electron chi connectivity index (χ3n) is 5.59. The second-order valence-corrected chi connectivity index (χ2v) is 7.97. The van der Waals surface area contributed by atoms with Crippen LogP contribution in [0.3, 0.4) is 0 Å². The number of likely N-dealkylation sites (N-methyl/N-ethyl adjacent to an activating group) is 1. The summed E-state index contributed by atoms with van der Waals surface area (Å²) in [5, 5.41) is 3.66. The zero-order valence-electron chi connectivity index (χ0n) is 16.2. The van der Waals surface area contributed by atoms with Gasteiger partial charge in [0.1, 0.15) is 6.61 Å². The number of benzene rings is 2. The topological polar surface area (TPSA) is 44.8 Å². The molecule has 0 aliphatic carbocycles. The van der Waals surface area contributed by atoms with Crippen LogP contribution >= 0.6 is 11.6 Å². The van der Waals surface area contributed by atoms with E-state index in [1.807, 2.05) is 19.2 Å². The fourth-order valence-electron chi connectivity index (χ4n) is 4.05. The fourth-order valence-corrected chi connectivity index (χ4v) is 4.26. The molecular weight excluding hydrogens is 374 g/mol. The first-order chi connectivity index (χ1) is 13.6. The molecule has 28 heavy (non-hydrogen) atoms. The molecule has 2 aliphatic rings. The zero-order valence-corrected chi connectivity index (χ0v) is 16.9. The van der Waals surface area contributed by atoms with E-state index in [2.05, 4.69) is 39.4 Å². The first kappa shape index (κ1) is 19.1. The molecule has 2 aromatic rings. The summed E-state index contributed by atoms with van der Waals surface area (Å²) in [5.41, 5.74) is 2.69. The largest absolute Gasteiger partial charge is 0.489 e. The number of carbonyl (C=O) groups is 1. The van der Waals surface area contributed by atoms with Crippen molar-refractivity contribution in [2.75, 3.05) is 38.2 Å². The van der Waals surface area contributed by atoms with Crippen LogP contribution < -0.4 is 15.0 Å². The molecule has 6 heteroatoms. The van der Waals surface area contributed by atoms with E-state index < -0.39 is 0 Å². The van der Waals surface area contributed by atoms with Crippen molar-refractivity contribution in [1.29, 1.82) is 0 Å². The highest BCUT2D eigenvalue weighted by Crippen LogP contribution is 2.37. The third kappa shape index (κ3) is 4.10. The number of ether oxygens (including phenoxy) is 1. The average molecular weight is 400 g/mol. The number of nitrogens with one attached hydrogen (secondary N) is 1. The lowest BCUT2D eigenvalue weighted by molar-refractivity contribution is 0.0935. The van der Waals surface area contributed by atoms with Gasteiger partial charge in [-0.05, 0) is 37.1 Å². The number of anilines is 1. The van der Waals surface area contributed by atoms with E-state index in [9.17, 15) is 4.79 Å². The van der Waals surface area contributed by atoms with Crippen LogP contribution in [0.4, 0.5) is 5.69 Å². The summed E-state index contributed by atoms with van der Waals surface area (Å²) in [4.78, 5) is 17.4. The Hall–Kier alpha value is -2.24. The Labute approximate surface area is 171 Å². The summed E-state index contributed by atoms with van der Waals surface area (Å²) in [5.74, 6) is 0.504. The number of rotatable bonds is 5. The van der Waals surface area contributed by atoms with E-state index in [0.717, 1.165) is 38.2 Å². The van der Waals surface area contributed by atoms with Crippen LogP contribution in [-0.2, 0) is 6.54 Å². The van der Waals surface area contributed by atoms with Gasteiger partial charge in [-0.15, -0.1) is 0 Å². The standard InChI is InChI=1S/C22H26ClN3O2/c1-25-10-11-28-21-19(12-17(23)13-20(21)25)22(27)24-14-18-8-5-9-26(18)15-16-6-3-2-4-7-16/h2-4,6-7,12-13,18H,5,8-11,14-15H2,1H3,(H,24,27)/t18-/m0/s1. The van der Waals surface area contributed by atoms with Gasteiger partial charge in [-0.3, -0.25) is 9.69 Å². The minimum atomic E-state index is -0.124. The molecule has 2 heterocycles. The smallest absolute Gasteiger partial charge is 0.255 e. The van der Waals surface area contributed by atoms with Crippen molar-refractivity contribution in [3.8, 4) is 5.75 Å². The van der Waals surface area contributed by atoms with Crippen molar-refractivity contribution < 1.29 is 9.53 Å². The van der Waals surface area contributed by atoms with Gasteiger partial charge in [-0.2, -0.15) is 0 Å². The highest BCUT2D eigenvalue weighted by molar-refractivity contribution is 6.31. The van der Waals surface area contributed by atoms with Gasteiger partial charge in [-0.1, -0.05) is 41.9 Å². The average Bonchev–Trinajstić information content (AvgIpc) is 3.14. The maximum Gasteiger partial charge on any atom is 0.255 e. The number of hydrogen-bond acceptors (Lipinski definition) is 4. The molecule has 4 rings (SSSR count). The summed E-state index contributed by atoms with van der Waals surface area (Å²) < 4.78 is 5.80. The molecule has 1 fully saturated rings. The molecule has 0 aromatic heterocycles. The number of hydrogen-bond donors (Lipinski definition) is 1. The molecule has 148 valence electrons. The van der Waals surface area contributed by atoms with Crippen LogP contribution in [-0.4, -0.2) is 50.1 Å². The Morgan fingerprint density at radius 2 is 2.07 bits per heavy atom. The van der Waals surface area contributed by atoms with E-state index in [1.54, 1.807) is 6.07 Å². The molecule has 0 bridgehead atoms. The Kier molecular flexibility index (Phi) is 5.74. The van der Waals surface area contributed by atoms with Crippen LogP contribution in [0, 0.1) is 0 Å². The van der Waals surface area contributed by atoms with Gasteiger partial charge >= 0.3 is 0 Å². The van der Waals surface area contributed by atoms with Crippen molar-refractivity contribution in [2.45, 2.75) is 25.4 Å². The second-order valence-electron chi connectivity index (χ2n) is 7.53. The number of carbonyl (C=O) groups excluding carboxylic acids is 1. The number of halogens is 1. The molecule has 5 nitrogen and oxygen atoms in total. The monoisotopic (exact) mass is 399 g/mol. The van der Waals surface area contributed by atoms with Crippen LogP contribution in [0.15, 0.2) is 42.5 Å². The molecule has 1 atom stereocenters. The van der Waals surface area contributed by atoms with Crippen LogP contribution in [0.5, 0.6) is 5.75 Å². The molecule has 2 aromatic carbocycles. The first-order valence-electron chi connectivity index (χ1n) is 9.85. The maximum atomic E-state index is 12.9. The lowest BCUT2D eigenvalue weighted by atomic mass is 10.1.